The fourth-order valence-electron chi connectivity index (χ4n) is 2.59. The minimum absolute atomic E-state index is 0.0762. The monoisotopic (exact) mass is 344 g/mol. The van der Waals surface area contributed by atoms with Crippen LogP contribution in [0.15, 0.2) is 12.1 Å². The average Bonchev–Trinajstić information content (AvgIpc) is 2.54. The van der Waals surface area contributed by atoms with Gasteiger partial charge >= 0.3 is 5.97 Å². The van der Waals surface area contributed by atoms with Crippen LogP contribution in [0.2, 0.25) is 10.2 Å². The third kappa shape index (κ3) is 4.11. The van der Waals surface area contributed by atoms with Crippen LogP contribution in [0, 0.1) is 0 Å². The number of halogens is 2. The molecular weight excluding hydrogens is 327 g/mol. The van der Waals surface area contributed by atoms with Crippen LogP contribution in [0.3, 0.4) is 0 Å². The lowest BCUT2D eigenvalue weighted by Gasteiger charge is -2.35. The van der Waals surface area contributed by atoms with Crippen LogP contribution in [0.5, 0.6) is 0 Å². The minimum atomic E-state index is -0.745. The van der Waals surface area contributed by atoms with Gasteiger partial charge in [-0.3, -0.25) is 4.79 Å². The fraction of sp³-hybridized carbons (Fsp3) is 0.533. The summed E-state index contributed by atoms with van der Waals surface area (Å²) >= 11 is 11.6. The van der Waals surface area contributed by atoms with E-state index in [0.29, 0.717) is 6.54 Å². The molecule has 0 spiro atoms. The molecular formula is C15H18Cl2N2O3. The molecule has 120 valence electrons. The number of piperidine rings is 1. The van der Waals surface area contributed by atoms with E-state index in [1.165, 1.54) is 12.1 Å². The summed E-state index contributed by atoms with van der Waals surface area (Å²) < 4.78 is 5.04. The molecule has 1 amide bonds. The van der Waals surface area contributed by atoms with Gasteiger partial charge in [0.05, 0.1) is 5.02 Å². The molecule has 1 aliphatic heterocycles. The third-order valence-corrected chi connectivity index (χ3v) is 4.27. The second-order valence-corrected chi connectivity index (χ2v) is 5.98. The van der Waals surface area contributed by atoms with E-state index >= 15 is 0 Å². The number of esters is 1. The van der Waals surface area contributed by atoms with Gasteiger partial charge < -0.3 is 9.64 Å². The number of aromatic nitrogens is 1. The van der Waals surface area contributed by atoms with E-state index in [1.807, 2.05) is 0 Å². The van der Waals surface area contributed by atoms with Crippen molar-refractivity contribution in [3.63, 3.8) is 0 Å². The highest BCUT2D eigenvalue weighted by Crippen LogP contribution is 2.20. The van der Waals surface area contributed by atoms with Crippen LogP contribution in [-0.4, -0.2) is 41.0 Å². The molecule has 1 aromatic rings. The number of likely N-dealkylation sites (tertiary alicyclic amines) is 1. The molecule has 1 fully saturated rings. The van der Waals surface area contributed by atoms with Gasteiger partial charge in [0.2, 0.25) is 0 Å². The number of pyridine rings is 1. The Morgan fingerprint density at radius 3 is 2.86 bits per heavy atom. The molecule has 2 rings (SSSR count). The first-order valence-electron chi connectivity index (χ1n) is 7.31. The van der Waals surface area contributed by atoms with Crippen molar-refractivity contribution in [2.45, 2.75) is 38.6 Å². The maximum atomic E-state index is 12.2. The average molecular weight is 345 g/mol. The molecule has 1 atom stereocenters. The molecule has 7 heteroatoms. The third-order valence-electron chi connectivity index (χ3n) is 3.75. The Bertz CT molecular complexity index is 566. The molecule has 0 unspecified atom stereocenters. The summed E-state index contributed by atoms with van der Waals surface area (Å²) in [5, 5.41) is 0.288. The highest BCUT2D eigenvalue weighted by Gasteiger charge is 2.26. The predicted octanol–water partition coefficient (Wildman–Crippen LogP) is 3.34. The van der Waals surface area contributed by atoms with Crippen molar-refractivity contribution in [2.75, 3.05) is 13.2 Å². The number of ether oxygens (including phenoxy) is 1. The Morgan fingerprint density at radius 2 is 2.14 bits per heavy atom. The van der Waals surface area contributed by atoms with Crippen LogP contribution < -0.4 is 0 Å². The number of amides is 1. The van der Waals surface area contributed by atoms with Gasteiger partial charge in [-0.25, -0.2) is 9.78 Å². The topological polar surface area (TPSA) is 59.5 Å². The molecule has 1 saturated heterocycles. The number of carbonyl (C=O) groups is 2. The smallest absolute Gasteiger partial charge is 0.359 e. The van der Waals surface area contributed by atoms with Crippen LogP contribution in [-0.2, 0) is 9.53 Å². The van der Waals surface area contributed by atoms with Gasteiger partial charge in [-0.05, 0) is 37.8 Å². The normalized spacial score (nSPS) is 18.1. The van der Waals surface area contributed by atoms with Crippen molar-refractivity contribution in [1.82, 2.24) is 9.88 Å². The summed E-state index contributed by atoms with van der Waals surface area (Å²) in [7, 11) is 0. The molecule has 0 N–H and O–H groups in total. The maximum Gasteiger partial charge on any atom is 0.359 e. The van der Waals surface area contributed by atoms with E-state index in [9.17, 15) is 9.59 Å². The van der Waals surface area contributed by atoms with Crippen molar-refractivity contribution >= 4 is 35.1 Å². The zero-order chi connectivity index (χ0) is 16.1. The maximum absolute atomic E-state index is 12.2. The Labute approximate surface area is 139 Å². The molecule has 0 radical (unpaired) electrons. The fourth-order valence-corrected chi connectivity index (χ4v) is 2.92. The predicted molar refractivity (Wildman–Crippen MR) is 84.2 cm³/mol. The van der Waals surface area contributed by atoms with Crippen molar-refractivity contribution in [2.24, 2.45) is 0 Å². The van der Waals surface area contributed by atoms with Gasteiger partial charge in [0.25, 0.3) is 5.91 Å². The number of hydrogen-bond donors (Lipinski definition) is 0. The molecule has 0 aromatic carbocycles. The van der Waals surface area contributed by atoms with Gasteiger partial charge in [0.1, 0.15) is 5.15 Å². The lowest BCUT2D eigenvalue weighted by Crippen LogP contribution is -2.45. The molecule has 2 heterocycles. The minimum Gasteiger partial charge on any atom is -0.451 e. The first-order chi connectivity index (χ1) is 10.5. The van der Waals surface area contributed by atoms with E-state index in [2.05, 4.69) is 11.9 Å². The van der Waals surface area contributed by atoms with E-state index < -0.39 is 5.97 Å². The van der Waals surface area contributed by atoms with Gasteiger partial charge in [-0.1, -0.05) is 30.1 Å². The Balaban J connectivity index is 1.95. The molecule has 0 saturated carbocycles. The SMILES string of the molecule is CC[C@H]1CCCCN1C(=O)COC(=O)c1nc(Cl)ccc1Cl. The van der Waals surface area contributed by atoms with Crippen molar-refractivity contribution in [3.8, 4) is 0 Å². The highest BCUT2D eigenvalue weighted by molar-refractivity contribution is 6.34. The van der Waals surface area contributed by atoms with Gasteiger partial charge in [0.15, 0.2) is 12.3 Å². The number of rotatable bonds is 4. The molecule has 1 aromatic heterocycles. The van der Waals surface area contributed by atoms with Gasteiger partial charge in [0, 0.05) is 12.6 Å². The second kappa shape index (κ2) is 7.79. The van der Waals surface area contributed by atoms with Crippen LogP contribution in [0.1, 0.15) is 43.1 Å². The quantitative estimate of drug-likeness (QED) is 0.620. The van der Waals surface area contributed by atoms with E-state index in [-0.39, 0.29) is 34.4 Å². The second-order valence-electron chi connectivity index (χ2n) is 5.19. The summed E-state index contributed by atoms with van der Waals surface area (Å²) in [4.78, 5) is 29.8. The summed E-state index contributed by atoms with van der Waals surface area (Å²) in [5.74, 6) is -0.927. The highest BCUT2D eigenvalue weighted by atomic mass is 35.5. The number of hydrogen-bond acceptors (Lipinski definition) is 4. The first-order valence-corrected chi connectivity index (χ1v) is 8.07. The lowest BCUT2D eigenvalue weighted by atomic mass is 10.00. The number of nitrogens with zero attached hydrogens (tertiary/aromatic N) is 2. The molecule has 0 aliphatic carbocycles. The Morgan fingerprint density at radius 1 is 1.36 bits per heavy atom. The van der Waals surface area contributed by atoms with Crippen molar-refractivity contribution in [1.29, 1.82) is 0 Å². The molecule has 0 bridgehead atoms. The van der Waals surface area contributed by atoms with E-state index in [0.717, 1.165) is 25.7 Å². The number of carbonyl (C=O) groups excluding carboxylic acids is 2. The summed E-state index contributed by atoms with van der Waals surface area (Å²) in [6, 6.07) is 3.17. The van der Waals surface area contributed by atoms with Gasteiger partial charge in [-0.2, -0.15) is 0 Å². The van der Waals surface area contributed by atoms with E-state index in [1.54, 1.807) is 4.90 Å². The molecule has 22 heavy (non-hydrogen) atoms. The first kappa shape index (κ1) is 17.0. The van der Waals surface area contributed by atoms with Gasteiger partial charge in [-0.15, -0.1) is 0 Å². The standard InChI is InChI=1S/C15H18Cl2N2O3/c1-2-10-5-3-4-8-19(10)13(20)9-22-15(21)14-11(16)6-7-12(17)18-14/h6-7,10H,2-5,8-9H2,1H3/t10-/m0/s1. The van der Waals surface area contributed by atoms with Crippen LogP contribution >= 0.6 is 23.2 Å². The van der Waals surface area contributed by atoms with Crippen LogP contribution in [0.25, 0.3) is 0 Å². The molecule has 5 nitrogen and oxygen atoms in total. The summed E-state index contributed by atoms with van der Waals surface area (Å²) in [6.07, 6.45) is 4.02. The zero-order valence-electron chi connectivity index (χ0n) is 12.3. The zero-order valence-corrected chi connectivity index (χ0v) is 13.9. The molecule has 1 aliphatic rings. The van der Waals surface area contributed by atoms with Crippen molar-refractivity contribution in [3.05, 3.63) is 28.0 Å². The van der Waals surface area contributed by atoms with Crippen LogP contribution in [0.4, 0.5) is 0 Å². The largest absolute Gasteiger partial charge is 0.451 e. The Hall–Kier alpha value is -1.33. The van der Waals surface area contributed by atoms with Crippen molar-refractivity contribution < 1.29 is 14.3 Å². The lowest BCUT2D eigenvalue weighted by molar-refractivity contribution is -0.138. The summed E-state index contributed by atoms with van der Waals surface area (Å²) in [5.41, 5.74) is -0.0762. The van der Waals surface area contributed by atoms with E-state index in [4.69, 9.17) is 27.9 Å². The summed E-state index contributed by atoms with van der Waals surface area (Å²) in [6.45, 7) is 2.46. The Kier molecular flexibility index (Phi) is 6.03.